The van der Waals surface area contributed by atoms with E-state index in [4.69, 9.17) is 0 Å². The van der Waals surface area contributed by atoms with Crippen LogP contribution in [0, 0.1) is 0 Å². The highest BCUT2D eigenvalue weighted by atomic mass is 32.1. The van der Waals surface area contributed by atoms with Crippen LogP contribution in [-0.2, 0) is 11.2 Å². The Morgan fingerprint density at radius 2 is 1.84 bits per heavy atom. The fourth-order valence-electron chi connectivity index (χ4n) is 2.43. The van der Waals surface area contributed by atoms with Crippen molar-refractivity contribution in [2.45, 2.75) is 18.9 Å². The third kappa shape index (κ3) is 6.68. The van der Waals surface area contributed by atoms with Gasteiger partial charge in [0.1, 0.15) is 0 Å². The van der Waals surface area contributed by atoms with Gasteiger partial charge in [-0.2, -0.15) is 0 Å². The molecule has 1 atom stereocenters. The maximum Gasteiger partial charge on any atom is 0.261 e. The summed E-state index contributed by atoms with van der Waals surface area (Å²) in [6.07, 6.45) is 1.16. The van der Waals surface area contributed by atoms with E-state index in [-0.39, 0.29) is 24.3 Å². The molecule has 25 heavy (non-hydrogen) atoms. The highest BCUT2D eigenvalue weighted by molar-refractivity contribution is 7.12. The summed E-state index contributed by atoms with van der Waals surface area (Å²) < 4.78 is 0. The van der Waals surface area contributed by atoms with Gasteiger partial charge in [-0.15, -0.1) is 11.3 Å². The van der Waals surface area contributed by atoms with E-state index in [1.165, 1.54) is 16.9 Å². The molecule has 2 N–H and O–H groups in total. The number of thiophene rings is 1. The molecule has 1 unspecified atom stereocenters. The van der Waals surface area contributed by atoms with Crippen LogP contribution in [0.3, 0.4) is 0 Å². The normalized spacial score (nSPS) is 12.0. The highest BCUT2D eigenvalue weighted by Gasteiger charge is 2.14. The molecule has 0 spiro atoms. The first-order valence-corrected chi connectivity index (χ1v) is 9.23. The standard InChI is InChI=1S/C19H25N3O2S/c1-22(2)16(13-15-7-4-3-5-8-15)14-21-18(23)10-11-20-19(24)17-9-6-12-25-17/h3-9,12,16H,10-11,13-14H2,1-2H3,(H,20,24)(H,21,23). The fraction of sp³-hybridized carbons (Fsp3) is 0.368. The van der Waals surface area contributed by atoms with Crippen molar-refractivity contribution < 1.29 is 9.59 Å². The molecule has 0 aliphatic carbocycles. The van der Waals surface area contributed by atoms with E-state index in [9.17, 15) is 9.59 Å². The summed E-state index contributed by atoms with van der Waals surface area (Å²) in [7, 11) is 4.03. The van der Waals surface area contributed by atoms with Crippen molar-refractivity contribution in [2.24, 2.45) is 0 Å². The molecular formula is C19H25N3O2S. The first-order valence-electron chi connectivity index (χ1n) is 8.35. The Morgan fingerprint density at radius 1 is 1.08 bits per heavy atom. The van der Waals surface area contributed by atoms with Crippen molar-refractivity contribution in [2.75, 3.05) is 27.2 Å². The fourth-order valence-corrected chi connectivity index (χ4v) is 3.07. The molecular weight excluding hydrogens is 334 g/mol. The Hall–Kier alpha value is -2.18. The van der Waals surface area contributed by atoms with Gasteiger partial charge in [0.2, 0.25) is 5.91 Å². The second-order valence-electron chi connectivity index (χ2n) is 6.09. The van der Waals surface area contributed by atoms with Crippen LogP contribution in [0.1, 0.15) is 21.7 Å². The minimum atomic E-state index is -0.127. The number of carbonyl (C=O) groups is 2. The van der Waals surface area contributed by atoms with Gasteiger partial charge in [0.15, 0.2) is 0 Å². The number of benzene rings is 1. The maximum atomic E-state index is 12.0. The Labute approximate surface area is 153 Å². The average molecular weight is 359 g/mol. The smallest absolute Gasteiger partial charge is 0.261 e. The molecule has 2 rings (SSSR count). The van der Waals surface area contributed by atoms with E-state index in [1.54, 1.807) is 6.07 Å². The second-order valence-corrected chi connectivity index (χ2v) is 7.04. The molecule has 0 saturated carbocycles. The largest absolute Gasteiger partial charge is 0.354 e. The van der Waals surface area contributed by atoms with Crippen LogP contribution in [0.25, 0.3) is 0 Å². The van der Waals surface area contributed by atoms with E-state index in [2.05, 4.69) is 27.7 Å². The molecule has 134 valence electrons. The van der Waals surface area contributed by atoms with Crippen LogP contribution < -0.4 is 10.6 Å². The van der Waals surface area contributed by atoms with Crippen molar-refractivity contribution in [3.63, 3.8) is 0 Å². The molecule has 1 aromatic heterocycles. The number of hydrogen-bond acceptors (Lipinski definition) is 4. The average Bonchev–Trinajstić information content (AvgIpc) is 3.14. The molecule has 2 aromatic rings. The van der Waals surface area contributed by atoms with Gasteiger partial charge in [0.05, 0.1) is 4.88 Å². The molecule has 1 aromatic carbocycles. The quantitative estimate of drug-likeness (QED) is 0.721. The number of rotatable bonds is 9. The number of nitrogens with zero attached hydrogens (tertiary/aromatic N) is 1. The summed E-state index contributed by atoms with van der Waals surface area (Å²) in [5.74, 6) is -0.176. The lowest BCUT2D eigenvalue weighted by atomic mass is 10.1. The summed E-state index contributed by atoms with van der Waals surface area (Å²) in [5, 5.41) is 7.59. The predicted octanol–water partition coefficient (Wildman–Crippen LogP) is 2.16. The van der Waals surface area contributed by atoms with Crippen molar-refractivity contribution in [3.8, 4) is 0 Å². The van der Waals surface area contributed by atoms with Crippen LogP contribution in [0.4, 0.5) is 0 Å². The lowest BCUT2D eigenvalue weighted by Crippen LogP contribution is -2.42. The number of hydrogen-bond donors (Lipinski definition) is 2. The van der Waals surface area contributed by atoms with Crippen LogP contribution in [0.2, 0.25) is 0 Å². The highest BCUT2D eigenvalue weighted by Crippen LogP contribution is 2.08. The van der Waals surface area contributed by atoms with Gasteiger partial charge in [0, 0.05) is 25.6 Å². The summed E-state index contributed by atoms with van der Waals surface area (Å²) in [6.45, 7) is 0.924. The SMILES string of the molecule is CN(C)C(CNC(=O)CCNC(=O)c1cccs1)Cc1ccccc1. The van der Waals surface area contributed by atoms with E-state index in [1.807, 2.05) is 43.7 Å². The van der Waals surface area contributed by atoms with Gasteiger partial charge >= 0.3 is 0 Å². The van der Waals surface area contributed by atoms with E-state index < -0.39 is 0 Å². The number of nitrogens with one attached hydrogen (secondary N) is 2. The van der Waals surface area contributed by atoms with E-state index >= 15 is 0 Å². The van der Waals surface area contributed by atoms with Gasteiger partial charge in [-0.3, -0.25) is 9.59 Å². The second kappa shape index (κ2) is 9.96. The minimum Gasteiger partial charge on any atom is -0.354 e. The zero-order valence-electron chi connectivity index (χ0n) is 14.7. The van der Waals surface area contributed by atoms with Gasteiger partial charge in [0.25, 0.3) is 5.91 Å². The van der Waals surface area contributed by atoms with E-state index in [0.29, 0.717) is 18.0 Å². The molecule has 0 aliphatic rings. The monoisotopic (exact) mass is 359 g/mol. The number of likely N-dealkylation sites (N-methyl/N-ethyl adjacent to an activating group) is 1. The lowest BCUT2D eigenvalue weighted by molar-refractivity contribution is -0.121. The lowest BCUT2D eigenvalue weighted by Gasteiger charge is -2.24. The number of amides is 2. The van der Waals surface area contributed by atoms with Gasteiger partial charge in [-0.05, 0) is 37.5 Å². The Bertz CT molecular complexity index is 657. The molecule has 6 heteroatoms. The minimum absolute atomic E-state index is 0.0496. The zero-order valence-corrected chi connectivity index (χ0v) is 15.5. The van der Waals surface area contributed by atoms with Gasteiger partial charge < -0.3 is 15.5 Å². The van der Waals surface area contributed by atoms with E-state index in [0.717, 1.165) is 6.42 Å². The topological polar surface area (TPSA) is 61.4 Å². The Morgan fingerprint density at radius 3 is 2.48 bits per heavy atom. The molecule has 0 aliphatic heterocycles. The molecule has 0 bridgehead atoms. The predicted molar refractivity (Wildman–Crippen MR) is 102 cm³/mol. The molecule has 2 amide bonds. The van der Waals surface area contributed by atoms with Crippen LogP contribution in [-0.4, -0.2) is 49.9 Å². The third-order valence-corrected chi connectivity index (χ3v) is 4.83. The first-order chi connectivity index (χ1) is 12.1. The van der Waals surface area contributed by atoms with Crippen LogP contribution in [0.15, 0.2) is 47.8 Å². The maximum absolute atomic E-state index is 12.0. The summed E-state index contributed by atoms with van der Waals surface area (Å²) in [6, 6.07) is 14.1. The zero-order chi connectivity index (χ0) is 18.1. The summed E-state index contributed by atoms with van der Waals surface area (Å²) in [4.78, 5) is 26.6. The number of carbonyl (C=O) groups excluding carboxylic acids is 2. The van der Waals surface area contributed by atoms with Crippen LogP contribution in [0.5, 0.6) is 0 Å². The Balaban J connectivity index is 1.70. The van der Waals surface area contributed by atoms with Gasteiger partial charge in [-0.25, -0.2) is 0 Å². The Kier molecular flexibility index (Phi) is 7.63. The van der Waals surface area contributed by atoms with Crippen molar-refractivity contribution in [1.29, 1.82) is 0 Å². The van der Waals surface area contributed by atoms with Crippen molar-refractivity contribution >= 4 is 23.2 Å². The summed E-state index contributed by atoms with van der Waals surface area (Å²) in [5.41, 5.74) is 1.25. The van der Waals surface area contributed by atoms with Crippen molar-refractivity contribution in [1.82, 2.24) is 15.5 Å². The van der Waals surface area contributed by atoms with Crippen LogP contribution >= 0.6 is 11.3 Å². The first kappa shape index (κ1) is 19.1. The molecule has 0 saturated heterocycles. The molecule has 0 fully saturated rings. The molecule has 5 nitrogen and oxygen atoms in total. The summed E-state index contributed by atoms with van der Waals surface area (Å²) >= 11 is 1.39. The molecule has 1 heterocycles. The van der Waals surface area contributed by atoms with Gasteiger partial charge in [-0.1, -0.05) is 36.4 Å². The molecule has 0 radical (unpaired) electrons. The third-order valence-electron chi connectivity index (χ3n) is 3.96. The van der Waals surface area contributed by atoms with Crippen molar-refractivity contribution in [3.05, 3.63) is 58.3 Å².